The summed E-state index contributed by atoms with van der Waals surface area (Å²) in [4.78, 5) is 39.8. The number of amides is 3. The SMILES string of the molecule is Cc1nn(-c2ccccc2)c(C)c1C(=O)Nc1cccc(N2C(=O)c3ccccc3C2=O)c1. The number of carbonyl (C=O) groups excluding carboxylic acids is 3. The van der Waals surface area contributed by atoms with Gasteiger partial charge in [-0.25, -0.2) is 9.58 Å². The highest BCUT2D eigenvalue weighted by Gasteiger charge is 2.36. The van der Waals surface area contributed by atoms with Gasteiger partial charge in [0.2, 0.25) is 0 Å². The van der Waals surface area contributed by atoms with E-state index in [0.717, 1.165) is 10.6 Å². The average Bonchev–Trinajstić information content (AvgIpc) is 3.27. The van der Waals surface area contributed by atoms with Gasteiger partial charge < -0.3 is 5.32 Å². The summed E-state index contributed by atoms with van der Waals surface area (Å²) in [7, 11) is 0. The second kappa shape index (κ2) is 7.87. The van der Waals surface area contributed by atoms with Crippen LogP contribution in [0.3, 0.4) is 0 Å². The van der Waals surface area contributed by atoms with Gasteiger partial charge in [-0.2, -0.15) is 5.10 Å². The van der Waals surface area contributed by atoms with Gasteiger partial charge in [0.15, 0.2) is 0 Å². The maximum atomic E-state index is 13.1. The van der Waals surface area contributed by atoms with E-state index in [4.69, 9.17) is 0 Å². The van der Waals surface area contributed by atoms with Crippen LogP contribution in [0.15, 0.2) is 78.9 Å². The number of carbonyl (C=O) groups is 3. The fourth-order valence-corrected chi connectivity index (χ4v) is 4.13. The lowest BCUT2D eigenvalue weighted by Gasteiger charge is -2.15. The van der Waals surface area contributed by atoms with Crippen LogP contribution in [0.1, 0.15) is 42.5 Å². The standard InChI is InChI=1S/C26H20N4O3/c1-16-23(17(2)30(28-16)19-10-4-3-5-11-19)24(31)27-18-9-8-12-20(15-18)29-25(32)21-13-6-7-14-22(21)26(29)33/h3-15H,1-2H3,(H,27,31). The number of benzene rings is 3. The minimum Gasteiger partial charge on any atom is -0.322 e. The van der Waals surface area contributed by atoms with E-state index in [1.54, 1.807) is 60.1 Å². The fraction of sp³-hybridized carbons (Fsp3) is 0.0769. The Balaban J connectivity index is 1.43. The summed E-state index contributed by atoms with van der Waals surface area (Å²) >= 11 is 0. The molecule has 3 amide bonds. The lowest BCUT2D eigenvalue weighted by atomic mass is 10.1. The molecular formula is C26H20N4O3. The van der Waals surface area contributed by atoms with E-state index >= 15 is 0 Å². The number of para-hydroxylation sites is 1. The molecule has 0 atom stereocenters. The van der Waals surface area contributed by atoms with Crippen molar-refractivity contribution in [1.82, 2.24) is 9.78 Å². The molecule has 0 unspecified atom stereocenters. The third-order valence-corrected chi connectivity index (χ3v) is 5.68. The van der Waals surface area contributed by atoms with Crippen molar-refractivity contribution < 1.29 is 14.4 Å². The molecule has 0 spiro atoms. The quantitative estimate of drug-likeness (QED) is 0.476. The molecular weight excluding hydrogens is 416 g/mol. The van der Waals surface area contributed by atoms with Gasteiger partial charge in [0.05, 0.1) is 39.5 Å². The number of imide groups is 1. The van der Waals surface area contributed by atoms with Crippen molar-refractivity contribution in [3.05, 3.63) is 107 Å². The fourth-order valence-electron chi connectivity index (χ4n) is 4.13. The van der Waals surface area contributed by atoms with Crippen molar-refractivity contribution in [3.63, 3.8) is 0 Å². The molecule has 7 heteroatoms. The Kier molecular flexibility index (Phi) is 4.86. The van der Waals surface area contributed by atoms with E-state index in [-0.39, 0.29) is 17.7 Å². The highest BCUT2D eigenvalue weighted by molar-refractivity contribution is 6.34. The lowest BCUT2D eigenvalue weighted by Crippen LogP contribution is -2.29. The van der Waals surface area contributed by atoms with Gasteiger partial charge >= 0.3 is 0 Å². The van der Waals surface area contributed by atoms with E-state index < -0.39 is 0 Å². The minimum absolute atomic E-state index is 0.313. The van der Waals surface area contributed by atoms with Crippen molar-refractivity contribution in [1.29, 1.82) is 0 Å². The van der Waals surface area contributed by atoms with Gasteiger partial charge in [-0.3, -0.25) is 14.4 Å². The first-order chi connectivity index (χ1) is 16.0. The average molecular weight is 436 g/mol. The second-order valence-corrected chi connectivity index (χ2v) is 7.79. The first-order valence-corrected chi connectivity index (χ1v) is 10.5. The molecule has 33 heavy (non-hydrogen) atoms. The number of anilines is 2. The van der Waals surface area contributed by atoms with Gasteiger partial charge in [-0.15, -0.1) is 0 Å². The second-order valence-electron chi connectivity index (χ2n) is 7.79. The summed E-state index contributed by atoms with van der Waals surface area (Å²) in [6.45, 7) is 3.63. The molecule has 4 aromatic rings. The minimum atomic E-state index is -0.380. The zero-order chi connectivity index (χ0) is 23.1. The summed E-state index contributed by atoms with van der Waals surface area (Å²) in [6.07, 6.45) is 0. The molecule has 0 fully saturated rings. The van der Waals surface area contributed by atoms with Crippen LogP contribution in [0.25, 0.3) is 5.69 Å². The predicted octanol–water partition coefficient (Wildman–Crippen LogP) is 4.54. The Labute approximate surface area is 190 Å². The Morgan fingerprint density at radius 2 is 1.39 bits per heavy atom. The normalized spacial score (nSPS) is 12.7. The van der Waals surface area contributed by atoms with Crippen LogP contribution in [-0.2, 0) is 0 Å². The Morgan fingerprint density at radius 1 is 0.788 bits per heavy atom. The number of fused-ring (bicyclic) bond motifs is 1. The summed E-state index contributed by atoms with van der Waals surface area (Å²) in [5.74, 6) is -1.07. The van der Waals surface area contributed by atoms with Crippen molar-refractivity contribution in [2.45, 2.75) is 13.8 Å². The largest absolute Gasteiger partial charge is 0.322 e. The zero-order valence-electron chi connectivity index (χ0n) is 18.1. The maximum Gasteiger partial charge on any atom is 0.266 e. The molecule has 0 saturated heterocycles. The number of aromatic nitrogens is 2. The van der Waals surface area contributed by atoms with Crippen molar-refractivity contribution in [2.24, 2.45) is 0 Å². The first-order valence-electron chi connectivity index (χ1n) is 10.5. The third-order valence-electron chi connectivity index (χ3n) is 5.68. The van der Waals surface area contributed by atoms with Crippen LogP contribution in [0.4, 0.5) is 11.4 Å². The topological polar surface area (TPSA) is 84.3 Å². The molecule has 0 aliphatic carbocycles. The zero-order valence-corrected chi connectivity index (χ0v) is 18.1. The molecule has 1 aliphatic rings. The summed E-state index contributed by atoms with van der Waals surface area (Å²) in [5.41, 5.74) is 4.27. The Morgan fingerprint density at radius 3 is 2.06 bits per heavy atom. The number of rotatable bonds is 4. The molecule has 5 rings (SSSR count). The van der Waals surface area contributed by atoms with E-state index in [0.29, 0.717) is 39.5 Å². The molecule has 162 valence electrons. The summed E-state index contributed by atoms with van der Waals surface area (Å²) in [6, 6.07) is 23.0. The van der Waals surface area contributed by atoms with Gasteiger partial charge in [-0.05, 0) is 56.3 Å². The predicted molar refractivity (Wildman–Crippen MR) is 125 cm³/mol. The van der Waals surface area contributed by atoms with Gasteiger partial charge in [0, 0.05) is 5.69 Å². The van der Waals surface area contributed by atoms with Crippen molar-refractivity contribution >= 4 is 29.1 Å². The third kappa shape index (κ3) is 3.40. The van der Waals surface area contributed by atoms with Crippen LogP contribution >= 0.6 is 0 Å². The van der Waals surface area contributed by atoms with Gasteiger partial charge in [-0.1, -0.05) is 36.4 Å². The van der Waals surface area contributed by atoms with Crippen LogP contribution in [0.5, 0.6) is 0 Å². The molecule has 0 bridgehead atoms. The molecule has 0 radical (unpaired) electrons. The molecule has 1 N–H and O–H groups in total. The first kappa shape index (κ1) is 20.4. The molecule has 2 heterocycles. The van der Waals surface area contributed by atoms with E-state index in [2.05, 4.69) is 10.4 Å². The molecule has 7 nitrogen and oxygen atoms in total. The summed E-state index contributed by atoms with van der Waals surface area (Å²) < 4.78 is 1.74. The number of nitrogens with zero attached hydrogens (tertiary/aromatic N) is 3. The van der Waals surface area contributed by atoms with Crippen LogP contribution in [-0.4, -0.2) is 27.5 Å². The summed E-state index contributed by atoms with van der Waals surface area (Å²) in [5, 5.41) is 7.40. The van der Waals surface area contributed by atoms with Crippen molar-refractivity contribution in [3.8, 4) is 5.69 Å². The lowest BCUT2D eigenvalue weighted by molar-refractivity contribution is 0.0925. The monoisotopic (exact) mass is 436 g/mol. The Bertz CT molecular complexity index is 1390. The number of hydrogen-bond donors (Lipinski definition) is 1. The van der Waals surface area contributed by atoms with Crippen LogP contribution in [0, 0.1) is 13.8 Å². The van der Waals surface area contributed by atoms with Crippen LogP contribution in [0.2, 0.25) is 0 Å². The van der Waals surface area contributed by atoms with Crippen LogP contribution < -0.4 is 10.2 Å². The number of hydrogen-bond acceptors (Lipinski definition) is 4. The highest BCUT2D eigenvalue weighted by Crippen LogP contribution is 2.30. The number of nitrogens with one attached hydrogen (secondary N) is 1. The van der Waals surface area contributed by atoms with E-state index in [9.17, 15) is 14.4 Å². The van der Waals surface area contributed by atoms with Gasteiger partial charge in [0.1, 0.15) is 0 Å². The van der Waals surface area contributed by atoms with E-state index in [1.165, 1.54) is 0 Å². The molecule has 0 saturated carbocycles. The molecule has 1 aromatic heterocycles. The van der Waals surface area contributed by atoms with Crippen molar-refractivity contribution in [2.75, 3.05) is 10.2 Å². The molecule has 1 aliphatic heterocycles. The highest BCUT2D eigenvalue weighted by atomic mass is 16.2. The molecule has 3 aromatic carbocycles. The Hall–Kier alpha value is -4.52. The number of aryl methyl sites for hydroxylation is 1. The van der Waals surface area contributed by atoms with Gasteiger partial charge in [0.25, 0.3) is 17.7 Å². The maximum absolute atomic E-state index is 13.1. The smallest absolute Gasteiger partial charge is 0.266 e. The van der Waals surface area contributed by atoms with E-state index in [1.807, 2.05) is 37.3 Å².